The molecule has 7 heteroatoms. The van der Waals surface area contributed by atoms with Gasteiger partial charge in [0.05, 0.1) is 5.75 Å². The highest BCUT2D eigenvalue weighted by Crippen LogP contribution is 2.20. The van der Waals surface area contributed by atoms with Gasteiger partial charge in [-0.3, -0.25) is 9.62 Å². The first-order valence-electron chi connectivity index (χ1n) is 6.18. The number of sulfonamides is 1. The van der Waals surface area contributed by atoms with Gasteiger partial charge in [0.1, 0.15) is 0 Å². The number of rotatable bonds is 4. The molecule has 0 atom stereocenters. The lowest BCUT2D eigenvalue weighted by Gasteiger charge is -2.27. The molecular weight excluding hydrogens is 266 g/mol. The molecule has 2 N–H and O–H groups in total. The molecule has 0 unspecified atom stereocenters. The number of urea groups is 1. The molecule has 1 aliphatic heterocycles. The van der Waals surface area contributed by atoms with E-state index in [0.717, 1.165) is 12.1 Å². The smallest absolute Gasteiger partial charge is 0.321 e. The largest absolute Gasteiger partial charge is 0.338 e. The van der Waals surface area contributed by atoms with Gasteiger partial charge in [0.2, 0.25) is 10.0 Å². The van der Waals surface area contributed by atoms with Gasteiger partial charge in [-0.1, -0.05) is 0 Å². The molecule has 0 spiro atoms. The van der Waals surface area contributed by atoms with Crippen molar-refractivity contribution in [2.75, 3.05) is 28.5 Å². The summed E-state index contributed by atoms with van der Waals surface area (Å²) in [7, 11) is -3.26. The Balaban J connectivity index is 2.12. The molecule has 0 bridgehead atoms. The fourth-order valence-corrected chi connectivity index (χ4v) is 2.48. The van der Waals surface area contributed by atoms with Crippen molar-refractivity contribution in [2.24, 2.45) is 0 Å². The number of nitrogens with zero attached hydrogens (tertiary/aromatic N) is 1. The Morgan fingerprint density at radius 3 is 2.58 bits per heavy atom. The lowest BCUT2D eigenvalue weighted by Crippen LogP contribution is -2.46. The minimum Gasteiger partial charge on any atom is -0.338 e. The van der Waals surface area contributed by atoms with Gasteiger partial charge in [-0.15, -0.1) is 0 Å². The van der Waals surface area contributed by atoms with Crippen molar-refractivity contribution < 1.29 is 13.2 Å². The number of benzene rings is 1. The molecule has 0 radical (unpaired) electrons. The van der Waals surface area contributed by atoms with E-state index in [-0.39, 0.29) is 11.8 Å². The molecule has 0 saturated carbocycles. The maximum atomic E-state index is 11.7. The van der Waals surface area contributed by atoms with Crippen molar-refractivity contribution in [1.82, 2.24) is 5.32 Å². The number of carbonyl (C=O) groups is 1. The normalized spacial score (nSPS) is 16.1. The molecule has 2 rings (SSSR count). The number of anilines is 2. The lowest BCUT2D eigenvalue weighted by molar-refractivity contribution is 0.243. The quantitative estimate of drug-likeness (QED) is 0.876. The Morgan fingerprint density at radius 2 is 2.00 bits per heavy atom. The van der Waals surface area contributed by atoms with E-state index in [2.05, 4.69) is 10.0 Å². The first-order valence-corrected chi connectivity index (χ1v) is 7.83. The van der Waals surface area contributed by atoms with Gasteiger partial charge in [0, 0.05) is 24.5 Å². The van der Waals surface area contributed by atoms with E-state index in [1.165, 1.54) is 0 Å². The Morgan fingerprint density at radius 1 is 1.32 bits per heavy atom. The second-order valence-electron chi connectivity index (χ2n) is 4.29. The number of hydrogen-bond acceptors (Lipinski definition) is 3. The summed E-state index contributed by atoms with van der Waals surface area (Å²) in [6.07, 6.45) is 0.899. The van der Waals surface area contributed by atoms with E-state index < -0.39 is 10.0 Å². The first-order chi connectivity index (χ1) is 9.02. The highest BCUT2D eigenvalue weighted by molar-refractivity contribution is 7.92. The van der Waals surface area contributed by atoms with Gasteiger partial charge in [-0.05, 0) is 37.6 Å². The van der Waals surface area contributed by atoms with Gasteiger partial charge in [-0.25, -0.2) is 13.2 Å². The van der Waals surface area contributed by atoms with Gasteiger partial charge >= 0.3 is 6.03 Å². The molecule has 0 aliphatic carbocycles. The summed E-state index contributed by atoms with van der Waals surface area (Å²) in [6.45, 7) is 2.95. The standard InChI is InChI=1S/C12H17N3O3S/c1-2-19(17,18)14-10-4-6-11(7-5-10)15-9-3-8-13-12(15)16/h4-7,14H,2-3,8-9H2,1H3,(H,13,16). The zero-order chi connectivity index (χ0) is 13.9. The van der Waals surface area contributed by atoms with E-state index in [9.17, 15) is 13.2 Å². The molecule has 1 aliphatic rings. The molecule has 1 aromatic carbocycles. The van der Waals surface area contributed by atoms with Crippen LogP contribution in [0.2, 0.25) is 0 Å². The van der Waals surface area contributed by atoms with Crippen molar-refractivity contribution >= 4 is 27.4 Å². The van der Waals surface area contributed by atoms with Crippen LogP contribution in [0.3, 0.4) is 0 Å². The van der Waals surface area contributed by atoms with Crippen molar-refractivity contribution in [1.29, 1.82) is 0 Å². The molecule has 1 aromatic rings. The second-order valence-corrected chi connectivity index (χ2v) is 6.30. The van der Waals surface area contributed by atoms with Crippen LogP contribution in [0.25, 0.3) is 0 Å². The predicted molar refractivity (Wildman–Crippen MR) is 74.9 cm³/mol. The Kier molecular flexibility index (Phi) is 3.94. The van der Waals surface area contributed by atoms with Gasteiger partial charge in [-0.2, -0.15) is 0 Å². The molecule has 1 saturated heterocycles. The molecule has 2 amide bonds. The van der Waals surface area contributed by atoms with Crippen molar-refractivity contribution in [3.8, 4) is 0 Å². The van der Waals surface area contributed by atoms with Gasteiger partial charge < -0.3 is 5.32 Å². The number of hydrogen-bond donors (Lipinski definition) is 2. The summed E-state index contributed by atoms with van der Waals surface area (Å²) in [6, 6.07) is 6.67. The summed E-state index contributed by atoms with van der Waals surface area (Å²) in [5, 5.41) is 2.77. The summed E-state index contributed by atoms with van der Waals surface area (Å²) in [4.78, 5) is 13.3. The molecule has 1 fully saturated rings. The maximum absolute atomic E-state index is 11.7. The molecular formula is C12H17N3O3S. The van der Waals surface area contributed by atoms with Crippen molar-refractivity contribution in [3.05, 3.63) is 24.3 Å². The van der Waals surface area contributed by atoms with Crippen molar-refractivity contribution in [2.45, 2.75) is 13.3 Å². The molecule has 1 heterocycles. The minimum atomic E-state index is -3.26. The van der Waals surface area contributed by atoms with Crippen LogP contribution in [0.5, 0.6) is 0 Å². The predicted octanol–water partition coefficient (Wildman–Crippen LogP) is 1.37. The van der Waals surface area contributed by atoms with E-state index in [4.69, 9.17) is 0 Å². The highest BCUT2D eigenvalue weighted by atomic mass is 32.2. The first kappa shape index (κ1) is 13.7. The number of nitrogens with one attached hydrogen (secondary N) is 2. The van der Waals surface area contributed by atoms with Gasteiger partial charge in [0.15, 0.2) is 0 Å². The Hall–Kier alpha value is -1.76. The van der Waals surface area contributed by atoms with Crippen LogP contribution >= 0.6 is 0 Å². The Labute approximate surface area is 112 Å². The van der Waals surface area contributed by atoms with Crippen LogP contribution in [0.15, 0.2) is 24.3 Å². The van der Waals surface area contributed by atoms with Crippen LogP contribution in [0.4, 0.5) is 16.2 Å². The third-order valence-electron chi connectivity index (χ3n) is 2.91. The lowest BCUT2D eigenvalue weighted by atomic mass is 10.2. The summed E-state index contributed by atoms with van der Waals surface area (Å²) in [5.74, 6) is 0.0310. The third kappa shape index (κ3) is 3.37. The third-order valence-corrected chi connectivity index (χ3v) is 4.22. The van der Waals surface area contributed by atoms with Crippen LogP contribution in [-0.2, 0) is 10.0 Å². The second kappa shape index (κ2) is 5.48. The zero-order valence-electron chi connectivity index (χ0n) is 10.7. The topological polar surface area (TPSA) is 78.5 Å². The molecule has 104 valence electrons. The fourth-order valence-electron chi connectivity index (χ4n) is 1.84. The van der Waals surface area contributed by atoms with E-state index in [1.54, 1.807) is 36.1 Å². The monoisotopic (exact) mass is 283 g/mol. The molecule has 19 heavy (non-hydrogen) atoms. The number of carbonyl (C=O) groups excluding carboxylic acids is 1. The summed E-state index contributed by atoms with van der Waals surface area (Å²) in [5.41, 5.74) is 1.26. The van der Waals surface area contributed by atoms with Crippen LogP contribution in [-0.4, -0.2) is 33.3 Å². The molecule has 6 nitrogen and oxygen atoms in total. The average Bonchev–Trinajstić information content (AvgIpc) is 2.40. The summed E-state index contributed by atoms with van der Waals surface area (Å²) < 4.78 is 25.3. The fraction of sp³-hybridized carbons (Fsp3) is 0.417. The van der Waals surface area contributed by atoms with E-state index in [1.807, 2.05) is 0 Å². The van der Waals surface area contributed by atoms with E-state index in [0.29, 0.717) is 18.8 Å². The van der Waals surface area contributed by atoms with Gasteiger partial charge in [0.25, 0.3) is 0 Å². The van der Waals surface area contributed by atoms with E-state index >= 15 is 0 Å². The zero-order valence-corrected chi connectivity index (χ0v) is 11.5. The molecule has 0 aromatic heterocycles. The van der Waals surface area contributed by atoms with Crippen molar-refractivity contribution in [3.63, 3.8) is 0 Å². The SMILES string of the molecule is CCS(=O)(=O)Nc1ccc(N2CCCNC2=O)cc1. The van der Waals surface area contributed by atoms with Crippen LogP contribution in [0, 0.1) is 0 Å². The van der Waals surface area contributed by atoms with Crippen LogP contribution < -0.4 is 14.9 Å². The minimum absolute atomic E-state index is 0.0310. The summed E-state index contributed by atoms with van der Waals surface area (Å²) >= 11 is 0. The highest BCUT2D eigenvalue weighted by Gasteiger charge is 2.18. The maximum Gasteiger partial charge on any atom is 0.321 e. The Bertz CT molecular complexity index is 554. The number of amides is 2. The van der Waals surface area contributed by atoms with Crippen LogP contribution in [0.1, 0.15) is 13.3 Å². The average molecular weight is 283 g/mol.